The lowest BCUT2D eigenvalue weighted by Crippen LogP contribution is -2.03. The zero-order valence-corrected chi connectivity index (χ0v) is 15.9. The minimum absolute atomic E-state index is 0.733. The molecule has 0 unspecified atom stereocenters. The summed E-state index contributed by atoms with van der Waals surface area (Å²) in [5, 5.41) is 0. The second-order valence-electron chi connectivity index (χ2n) is 5.74. The van der Waals surface area contributed by atoms with Crippen molar-refractivity contribution in [1.29, 1.82) is 0 Å². The summed E-state index contributed by atoms with van der Waals surface area (Å²) in [6, 6.07) is 0. The van der Waals surface area contributed by atoms with E-state index in [9.17, 15) is 0 Å². The summed E-state index contributed by atoms with van der Waals surface area (Å²) in [5.74, 6) is 0. The van der Waals surface area contributed by atoms with Crippen LogP contribution in [0.25, 0.3) is 0 Å². The average molecular weight is 359 g/mol. The average Bonchev–Trinajstić information content (AvgIpc) is 2.63. The summed E-state index contributed by atoms with van der Waals surface area (Å²) in [7, 11) is 0. The highest BCUT2D eigenvalue weighted by Crippen LogP contribution is 1.98. The van der Waals surface area contributed by atoms with Gasteiger partial charge in [-0.3, -0.25) is 0 Å². The van der Waals surface area contributed by atoms with E-state index in [0.29, 0.717) is 0 Å². The molecule has 0 atom stereocenters. The Balaban J connectivity index is 2.96. The molecule has 5 heteroatoms. The summed E-state index contributed by atoms with van der Waals surface area (Å²) < 4.78 is 26.8. The second-order valence-corrected chi connectivity index (χ2v) is 5.74. The first kappa shape index (κ1) is 24.0. The van der Waals surface area contributed by atoms with Crippen LogP contribution in [0.15, 0.2) is 25.7 Å². The first-order chi connectivity index (χ1) is 12.4. The van der Waals surface area contributed by atoms with Crippen LogP contribution in [0.1, 0.15) is 51.4 Å². The summed E-state index contributed by atoms with van der Waals surface area (Å²) in [6.07, 6.45) is 11.3. The summed E-state index contributed by atoms with van der Waals surface area (Å²) >= 11 is 0. The number of hydrogen-bond acceptors (Lipinski definition) is 5. The van der Waals surface area contributed by atoms with Gasteiger partial charge in [0.1, 0.15) is 0 Å². The van der Waals surface area contributed by atoms with Gasteiger partial charge in [0.15, 0.2) is 0 Å². The molecule has 0 aromatic rings. The fourth-order valence-electron chi connectivity index (χ4n) is 2.07. The minimum atomic E-state index is 0.733. The third-order valence-electron chi connectivity index (χ3n) is 3.49. The standard InChI is InChI=1S/C20H38O5/c1-3-21-13-5-7-15-23-17-9-11-19-25-20-12-10-18-24-16-8-6-14-22-4-2/h3-4H,1-2,5-20H2. The Kier molecular flexibility index (Phi) is 22.0. The number of ether oxygens (including phenoxy) is 5. The molecule has 0 aliphatic heterocycles. The van der Waals surface area contributed by atoms with Gasteiger partial charge in [-0.15, -0.1) is 0 Å². The lowest BCUT2D eigenvalue weighted by Gasteiger charge is -2.06. The second kappa shape index (κ2) is 23.0. The largest absolute Gasteiger partial charge is 0.502 e. The van der Waals surface area contributed by atoms with Crippen LogP contribution in [0, 0.1) is 0 Å². The Morgan fingerprint density at radius 3 is 0.880 bits per heavy atom. The maximum absolute atomic E-state index is 5.61. The molecule has 0 bridgehead atoms. The lowest BCUT2D eigenvalue weighted by molar-refractivity contribution is 0.0871. The molecule has 0 saturated heterocycles. The van der Waals surface area contributed by atoms with Crippen LogP contribution >= 0.6 is 0 Å². The molecule has 148 valence electrons. The molecule has 0 spiro atoms. The van der Waals surface area contributed by atoms with E-state index in [4.69, 9.17) is 23.7 Å². The van der Waals surface area contributed by atoms with Crippen LogP contribution in [-0.2, 0) is 23.7 Å². The molecule has 0 heterocycles. The fourth-order valence-corrected chi connectivity index (χ4v) is 2.07. The van der Waals surface area contributed by atoms with E-state index < -0.39 is 0 Å². The van der Waals surface area contributed by atoms with Crippen molar-refractivity contribution in [3.8, 4) is 0 Å². The van der Waals surface area contributed by atoms with E-state index in [1.165, 1.54) is 12.5 Å². The number of hydrogen-bond donors (Lipinski definition) is 0. The Morgan fingerprint density at radius 1 is 0.400 bits per heavy atom. The molecule has 0 aliphatic rings. The van der Waals surface area contributed by atoms with E-state index in [1.54, 1.807) is 0 Å². The van der Waals surface area contributed by atoms with Gasteiger partial charge >= 0.3 is 0 Å². The quantitative estimate of drug-likeness (QED) is 0.211. The Hall–Kier alpha value is -1.04. The molecule has 0 rings (SSSR count). The zero-order chi connectivity index (χ0) is 18.3. The van der Waals surface area contributed by atoms with Crippen LogP contribution in [0.5, 0.6) is 0 Å². The van der Waals surface area contributed by atoms with Gasteiger partial charge < -0.3 is 23.7 Å². The van der Waals surface area contributed by atoms with Gasteiger partial charge in [0, 0.05) is 39.6 Å². The van der Waals surface area contributed by atoms with Crippen LogP contribution in [-0.4, -0.2) is 52.9 Å². The van der Waals surface area contributed by atoms with Crippen molar-refractivity contribution < 1.29 is 23.7 Å². The third kappa shape index (κ3) is 23.0. The number of rotatable bonds is 22. The molecule has 0 aromatic carbocycles. The SMILES string of the molecule is C=COCCCCOCCCCOCCCCOCCCCOC=C. The van der Waals surface area contributed by atoms with Crippen molar-refractivity contribution in [3.05, 3.63) is 25.7 Å². The molecule has 0 fully saturated rings. The molecular weight excluding hydrogens is 320 g/mol. The van der Waals surface area contributed by atoms with Gasteiger partial charge in [0.05, 0.1) is 25.7 Å². The smallest absolute Gasteiger partial charge is 0.0873 e. The highest BCUT2D eigenvalue weighted by molar-refractivity contribution is 4.50. The van der Waals surface area contributed by atoms with Crippen molar-refractivity contribution in [1.82, 2.24) is 0 Å². The number of unbranched alkanes of at least 4 members (excludes halogenated alkanes) is 4. The van der Waals surface area contributed by atoms with Crippen molar-refractivity contribution >= 4 is 0 Å². The summed E-state index contributed by atoms with van der Waals surface area (Å²) in [6.45, 7) is 13.4. The van der Waals surface area contributed by atoms with Gasteiger partial charge in [-0.05, 0) is 51.4 Å². The molecule has 0 saturated carbocycles. The topological polar surface area (TPSA) is 46.2 Å². The summed E-state index contributed by atoms with van der Waals surface area (Å²) in [5.41, 5.74) is 0. The molecule has 0 aromatic heterocycles. The lowest BCUT2D eigenvalue weighted by atomic mass is 10.3. The maximum Gasteiger partial charge on any atom is 0.0873 e. The highest BCUT2D eigenvalue weighted by atomic mass is 16.5. The third-order valence-corrected chi connectivity index (χ3v) is 3.49. The summed E-state index contributed by atoms with van der Waals surface area (Å²) in [4.78, 5) is 0. The van der Waals surface area contributed by atoms with E-state index in [1.807, 2.05) is 0 Å². The van der Waals surface area contributed by atoms with Crippen molar-refractivity contribution in [2.24, 2.45) is 0 Å². The van der Waals surface area contributed by atoms with Gasteiger partial charge in [-0.25, -0.2) is 0 Å². The van der Waals surface area contributed by atoms with E-state index in [-0.39, 0.29) is 0 Å². The predicted octanol–water partition coefficient (Wildman–Crippen LogP) is 4.48. The maximum atomic E-state index is 5.61. The molecular formula is C20H38O5. The van der Waals surface area contributed by atoms with Crippen molar-refractivity contribution in [3.63, 3.8) is 0 Å². The highest BCUT2D eigenvalue weighted by Gasteiger charge is 1.94. The van der Waals surface area contributed by atoms with Gasteiger partial charge in [-0.2, -0.15) is 0 Å². The Morgan fingerprint density at radius 2 is 0.640 bits per heavy atom. The zero-order valence-electron chi connectivity index (χ0n) is 15.9. The molecule has 0 radical (unpaired) electrons. The van der Waals surface area contributed by atoms with E-state index >= 15 is 0 Å². The predicted molar refractivity (Wildman–Crippen MR) is 102 cm³/mol. The van der Waals surface area contributed by atoms with Crippen molar-refractivity contribution in [2.75, 3.05) is 52.9 Å². The monoisotopic (exact) mass is 358 g/mol. The van der Waals surface area contributed by atoms with Gasteiger partial charge in [-0.1, -0.05) is 13.2 Å². The molecule has 0 aliphatic carbocycles. The van der Waals surface area contributed by atoms with E-state index in [2.05, 4.69) is 13.2 Å². The van der Waals surface area contributed by atoms with Crippen LogP contribution in [0.4, 0.5) is 0 Å². The van der Waals surface area contributed by atoms with Gasteiger partial charge in [0.2, 0.25) is 0 Å². The molecule has 0 N–H and O–H groups in total. The van der Waals surface area contributed by atoms with Crippen LogP contribution in [0.3, 0.4) is 0 Å². The van der Waals surface area contributed by atoms with Crippen molar-refractivity contribution in [2.45, 2.75) is 51.4 Å². The normalized spacial score (nSPS) is 10.6. The first-order valence-corrected chi connectivity index (χ1v) is 9.60. The fraction of sp³-hybridized carbons (Fsp3) is 0.800. The Bertz CT molecular complexity index is 245. The van der Waals surface area contributed by atoms with E-state index in [0.717, 1.165) is 104 Å². The van der Waals surface area contributed by atoms with Crippen LogP contribution in [0.2, 0.25) is 0 Å². The first-order valence-electron chi connectivity index (χ1n) is 9.60. The minimum Gasteiger partial charge on any atom is -0.502 e. The van der Waals surface area contributed by atoms with Gasteiger partial charge in [0.25, 0.3) is 0 Å². The molecule has 5 nitrogen and oxygen atoms in total. The van der Waals surface area contributed by atoms with Crippen LogP contribution < -0.4 is 0 Å². The Labute approximate surface area is 154 Å². The molecule has 0 amide bonds. The molecule has 25 heavy (non-hydrogen) atoms.